The normalized spacial score (nSPS) is 14.3. The minimum Gasteiger partial charge on any atom is -0.457 e. The number of hydrogen-bond donors (Lipinski definition) is 1. The second-order valence-electron chi connectivity index (χ2n) is 12.5. The van der Waals surface area contributed by atoms with Crippen LogP contribution in [0.1, 0.15) is 136 Å². The van der Waals surface area contributed by atoms with Gasteiger partial charge in [-0.05, 0) is 32.1 Å². The number of ether oxygens (including phenoxy) is 2. The van der Waals surface area contributed by atoms with Crippen LogP contribution in [0.3, 0.4) is 0 Å². The number of carbonyl (C=O) groups is 1. The van der Waals surface area contributed by atoms with Crippen LogP contribution < -0.4 is 0 Å². The Balaban J connectivity index is 4.36. The van der Waals surface area contributed by atoms with Crippen LogP contribution >= 0.6 is 7.82 Å². The third kappa shape index (κ3) is 30.7. The van der Waals surface area contributed by atoms with Gasteiger partial charge in [-0.3, -0.25) is 13.8 Å². The first-order chi connectivity index (χ1) is 20.1. The summed E-state index contributed by atoms with van der Waals surface area (Å²) >= 11 is 0. The van der Waals surface area contributed by atoms with E-state index in [1.807, 2.05) is 21.1 Å². The molecule has 0 radical (unpaired) electrons. The summed E-state index contributed by atoms with van der Waals surface area (Å²) < 4.78 is 34.6. The molecule has 42 heavy (non-hydrogen) atoms. The minimum absolute atomic E-state index is 0.0897. The summed E-state index contributed by atoms with van der Waals surface area (Å²) in [6, 6.07) is 0. The molecule has 8 nitrogen and oxygen atoms in total. The van der Waals surface area contributed by atoms with Crippen molar-refractivity contribution in [2.45, 2.75) is 142 Å². The number of hydrogen-bond acceptors (Lipinski definition) is 6. The lowest BCUT2D eigenvalue weighted by Gasteiger charge is -2.24. The van der Waals surface area contributed by atoms with E-state index < -0.39 is 13.9 Å². The topological polar surface area (TPSA) is 91.3 Å². The smallest absolute Gasteiger partial charge is 0.457 e. The molecule has 0 aromatic carbocycles. The maximum atomic E-state index is 12.5. The lowest BCUT2D eigenvalue weighted by molar-refractivity contribution is -0.870. The molecule has 0 aliphatic rings. The van der Waals surface area contributed by atoms with Gasteiger partial charge in [-0.25, -0.2) is 4.57 Å². The summed E-state index contributed by atoms with van der Waals surface area (Å²) in [5.74, 6) is -0.321. The van der Waals surface area contributed by atoms with Gasteiger partial charge in [0.2, 0.25) is 0 Å². The molecule has 0 rings (SSSR count). The molecule has 0 fully saturated rings. The van der Waals surface area contributed by atoms with Crippen LogP contribution in [0.2, 0.25) is 0 Å². The average Bonchev–Trinajstić information content (AvgIpc) is 2.92. The summed E-state index contributed by atoms with van der Waals surface area (Å²) in [5, 5.41) is 0. The maximum absolute atomic E-state index is 12.5. The molecule has 9 heteroatoms. The van der Waals surface area contributed by atoms with Gasteiger partial charge in [0.25, 0.3) is 0 Å². The Hall–Kier alpha value is -0.760. The largest absolute Gasteiger partial charge is 0.472 e. The van der Waals surface area contributed by atoms with Gasteiger partial charge in [-0.2, -0.15) is 0 Å². The van der Waals surface area contributed by atoms with E-state index in [1.54, 1.807) is 0 Å². The van der Waals surface area contributed by atoms with Crippen molar-refractivity contribution < 1.29 is 37.3 Å². The Bertz CT molecular complexity index is 696. The number of quaternary nitrogens is 1. The SMILES string of the molecule is CCC/C=C\CCCCCCCCOCC(COP(=O)(O)OCC[N+](C)(C)C)OC(=O)CCCCCCCCCCC. The first-order valence-corrected chi connectivity index (χ1v) is 18.4. The Morgan fingerprint density at radius 1 is 0.714 bits per heavy atom. The fraction of sp³-hybridized carbons (Fsp3) is 0.909. The van der Waals surface area contributed by atoms with E-state index in [0.717, 1.165) is 32.1 Å². The van der Waals surface area contributed by atoms with Crippen LogP contribution in [0.4, 0.5) is 0 Å². The highest BCUT2D eigenvalue weighted by atomic mass is 31.2. The number of likely N-dealkylation sites (N-methyl/N-ethyl adjacent to an activating group) is 1. The fourth-order valence-corrected chi connectivity index (χ4v) is 5.12. The first kappa shape index (κ1) is 41.2. The summed E-state index contributed by atoms with van der Waals surface area (Å²) in [5.41, 5.74) is 0. The van der Waals surface area contributed by atoms with Gasteiger partial charge in [0.1, 0.15) is 19.3 Å². The highest BCUT2D eigenvalue weighted by molar-refractivity contribution is 7.47. The lowest BCUT2D eigenvalue weighted by Crippen LogP contribution is -2.37. The van der Waals surface area contributed by atoms with Gasteiger partial charge in [-0.1, -0.05) is 109 Å². The van der Waals surface area contributed by atoms with Gasteiger partial charge >= 0.3 is 13.8 Å². The molecule has 0 saturated carbocycles. The van der Waals surface area contributed by atoms with Crippen molar-refractivity contribution in [2.24, 2.45) is 0 Å². The van der Waals surface area contributed by atoms with Crippen molar-refractivity contribution in [3.8, 4) is 0 Å². The molecule has 0 spiro atoms. The van der Waals surface area contributed by atoms with Crippen molar-refractivity contribution >= 4 is 13.8 Å². The fourth-order valence-electron chi connectivity index (χ4n) is 4.38. The summed E-state index contributed by atoms with van der Waals surface area (Å²) in [4.78, 5) is 22.6. The standard InChI is InChI=1S/C33H66NO7P/c1-6-8-10-12-14-16-17-19-21-23-25-28-38-30-32(31-40-42(36,37)39-29-27-34(3,4)5)41-33(35)26-24-22-20-18-15-13-11-9-7-2/h10,12,32H,6-9,11,13-31H2,1-5H3/p+1/b12-10-. The molecule has 0 aliphatic carbocycles. The number of nitrogens with zero attached hydrogens (tertiary/aromatic N) is 1. The average molecular weight is 621 g/mol. The first-order valence-electron chi connectivity index (χ1n) is 16.9. The molecule has 0 aromatic rings. The molecule has 2 atom stereocenters. The van der Waals surface area contributed by atoms with Gasteiger partial charge in [-0.15, -0.1) is 0 Å². The van der Waals surface area contributed by atoms with Gasteiger partial charge < -0.3 is 18.9 Å². The zero-order valence-corrected chi connectivity index (χ0v) is 28.9. The zero-order chi connectivity index (χ0) is 31.4. The highest BCUT2D eigenvalue weighted by Crippen LogP contribution is 2.43. The number of unbranched alkanes of at least 4 members (excludes halogenated alkanes) is 15. The molecule has 1 N–H and O–H groups in total. The van der Waals surface area contributed by atoms with E-state index >= 15 is 0 Å². The lowest BCUT2D eigenvalue weighted by atomic mass is 10.1. The van der Waals surface area contributed by atoms with E-state index in [4.69, 9.17) is 18.5 Å². The summed E-state index contributed by atoms with van der Waals surface area (Å²) in [6.07, 6.45) is 25.2. The quantitative estimate of drug-likeness (QED) is 0.0272. The van der Waals surface area contributed by atoms with Crippen molar-refractivity contribution in [3.05, 3.63) is 12.2 Å². The Morgan fingerprint density at radius 3 is 1.90 bits per heavy atom. The molecular weight excluding hydrogens is 553 g/mol. The molecule has 250 valence electrons. The monoisotopic (exact) mass is 620 g/mol. The highest BCUT2D eigenvalue weighted by Gasteiger charge is 2.26. The molecule has 0 aliphatic heterocycles. The molecule has 0 bridgehead atoms. The van der Waals surface area contributed by atoms with Gasteiger partial charge in [0.15, 0.2) is 0 Å². The molecule has 0 aromatic heterocycles. The zero-order valence-electron chi connectivity index (χ0n) is 28.0. The molecule has 0 heterocycles. The van der Waals surface area contributed by atoms with Crippen LogP contribution in [-0.4, -0.2) is 75.6 Å². The van der Waals surface area contributed by atoms with Crippen LogP contribution in [0, 0.1) is 0 Å². The van der Waals surface area contributed by atoms with E-state index in [1.165, 1.54) is 83.5 Å². The third-order valence-electron chi connectivity index (χ3n) is 7.06. The van der Waals surface area contributed by atoms with E-state index in [0.29, 0.717) is 24.1 Å². The van der Waals surface area contributed by atoms with Crippen molar-refractivity contribution in [1.82, 2.24) is 0 Å². The minimum atomic E-state index is -4.25. The van der Waals surface area contributed by atoms with Crippen LogP contribution in [-0.2, 0) is 27.9 Å². The van der Waals surface area contributed by atoms with Crippen LogP contribution in [0.25, 0.3) is 0 Å². The summed E-state index contributed by atoms with van der Waals surface area (Å²) in [6.45, 7) is 5.52. The summed E-state index contributed by atoms with van der Waals surface area (Å²) in [7, 11) is 1.66. The molecular formula is C33H67NO7P+. The van der Waals surface area contributed by atoms with E-state index in [-0.39, 0.29) is 25.8 Å². The Labute approximate surface area is 259 Å². The van der Waals surface area contributed by atoms with Crippen molar-refractivity contribution in [3.63, 3.8) is 0 Å². The van der Waals surface area contributed by atoms with Crippen molar-refractivity contribution in [2.75, 3.05) is 54.1 Å². The molecule has 0 saturated heterocycles. The van der Waals surface area contributed by atoms with Gasteiger partial charge in [0.05, 0.1) is 34.4 Å². The second-order valence-corrected chi connectivity index (χ2v) is 14.0. The number of phosphoric acid groups is 1. The maximum Gasteiger partial charge on any atom is 0.472 e. The predicted octanol–water partition coefficient (Wildman–Crippen LogP) is 8.76. The number of rotatable bonds is 31. The van der Waals surface area contributed by atoms with Crippen LogP contribution in [0.5, 0.6) is 0 Å². The number of esters is 1. The number of carbonyl (C=O) groups excluding carboxylic acids is 1. The predicted molar refractivity (Wildman–Crippen MR) is 174 cm³/mol. The second kappa shape index (κ2) is 27.8. The number of phosphoric ester groups is 1. The van der Waals surface area contributed by atoms with Crippen LogP contribution in [0.15, 0.2) is 12.2 Å². The molecule has 0 amide bonds. The third-order valence-corrected chi connectivity index (χ3v) is 8.04. The Morgan fingerprint density at radius 2 is 1.29 bits per heavy atom. The van der Waals surface area contributed by atoms with E-state index in [2.05, 4.69) is 26.0 Å². The van der Waals surface area contributed by atoms with E-state index in [9.17, 15) is 14.3 Å². The van der Waals surface area contributed by atoms with Gasteiger partial charge in [0, 0.05) is 13.0 Å². The molecule has 2 unspecified atom stereocenters. The Kier molecular flexibility index (Phi) is 27.3. The number of allylic oxidation sites excluding steroid dienone is 2. The van der Waals surface area contributed by atoms with Crippen molar-refractivity contribution in [1.29, 1.82) is 0 Å².